The van der Waals surface area contributed by atoms with Crippen molar-refractivity contribution in [1.29, 1.82) is 0 Å². The SMILES string of the molecule is C=CC1(CC)[n+]2ccccc2-c2cc(-c3cc(C)ccc3C)ccc2C1(C)CC. The summed E-state index contributed by atoms with van der Waals surface area (Å²) < 4.78 is 2.47. The van der Waals surface area contributed by atoms with Crippen LogP contribution in [0, 0.1) is 13.8 Å². The molecule has 148 valence electrons. The maximum atomic E-state index is 4.31. The normalized spacial score (nSPS) is 22.7. The molecule has 1 nitrogen and oxygen atoms in total. The maximum absolute atomic E-state index is 4.31. The van der Waals surface area contributed by atoms with Crippen molar-refractivity contribution in [1.82, 2.24) is 0 Å². The molecule has 0 aliphatic carbocycles. The largest absolute Gasteiger partial charge is 0.213 e. The molecular formula is C28H32N+. The van der Waals surface area contributed by atoms with Crippen LogP contribution in [0.1, 0.15) is 50.3 Å². The molecule has 1 aromatic heterocycles. The van der Waals surface area contributed by atoms with Gasteiger partial charge in [-0.1, -0.05) is 56.3 Å². The van der Waals surface area contributed by atoms with E-state index < -0.39 is 0 Å². The van der Waals surface area contributed by atoms with Gasteiger partial charge >= 0.3 is 0 Å². The van der Waals surface area contributed by atoms with Crippen molar-refractivity contribution in [3.63, 3.8) is 0 Å². The van der Waals surface area contributed by atoms with Crippen LogP contribution in [0.15, 0.2) is 73.4 Å². The number of hydrogen-bond acceptors (Lipinski definition) is 0. The summed E-state index contributed by atoms with van der Waals surface area (Å²) in [6, 6.07) is 20.4. The van der Waals surface area contributed by atoms with Crippen molar-refractivity contribution in [2.75, 3.05) is 0 Å². The molecule has 0 fully saturated rings. The highest BCUT2D eigenvalue weighted by molar-refractivity contribution is 5.76. The molecule has 1 aliphatic heterocycles. The summed E-state index contributed by atoms with van der Waals surface area (Å²) >= 11 is 0. The maximum Gasteiger partial charge on any atom is 0.213 e. The first-order valence-electron chi connectivity index (χ1n) is 10.8. The molecule has 1 heteroatoms. The third kappa shape index (κ3) is 2.64. The van der Waals surface area contributed by atoms with Crippen molar-refractivity contribution >= 4 is 0 Å². The molecule has 0 spiro atoms. The van der Waals surface area contributed by atoms with Gasteiger partial charge in [-0.15, -0.1) is 0 Å². The standard InChI is InChI=1S/C28H32N/c1-7-27(6)25-16-15-22(23-18-20(4)13-14-21(23)5)19-24(25)26-12-10-11-17-29(26)28(27,8-2)9-3/h8,10-19H,2,7,9H2,1,3-6H3/q+1. The van der Waals surface area contributed by atoms with Crippen molar-refractivity contribution in [3.8, 4) is 22.4 Å². The van der Waals surface area contributed by atoms with Gasteiger partial charge in [-0.2, -0.15) is 4.57 Å². The lowest BCUT2D eigenvalue weighted by atomic mass is 9.59. The lowest BCUT2D eigenvalue weighted by molar-refractivity contribution is -0.756. The molecule has 0 saturated heterocycles. The van der Waals surface area contributed by atoms with E-state index in [1.54, 1.807) is 0 Å². The van der Waals surface area contributed by atoms with Gasteiger partial charge < -0.3 is 0 Å². The van der Waals surface area contributed by atoms with Crippen molar-refractivity contribution in [3.05, 3.63) is 90.1 Å². The first-order chi connectivity index (χ1) is 13.9. The molecule has 29 heavy (non-hydrogen) atoms. The second-order valence-electron chi connectivity index (χ2n) is 8.70. The molecule has 4 rings (SSSR count). The Bertz CT molecular complexity index is 1090. The molecule has 2 unspecified atom stereocenters. The number of hydrogen-bond donors (Lipinski definition) is 0. The molecule has 0 N–H and O–H groups in total. The van der Waals surface area contributed by atoms with Gasteiger partial charge in [0.1, 0.15) is 0 Å². The Hall–Kier alpha value is -2.67. The minimum Gasteiger partial charge on any atom is -0.188 e. The molecule has 0 amide bonds. The summed E-state index contributed by atoms with van der Waals surface area (Å²) in [6.45, 7) is 15.7. The van der Waals surface area contributed by atoms with Crippen molar-refractivity contribution in [2.24, 2.45) is 0 Å². The summed E-state index contributed by atoms with van der Waals surface area (Å²) in [4.78, 5) is 0. The number of fused-ring (bicyclic) bond motifs is 3. The van der Waals surface area contributed by atoms with Gasteiger partial charge in [-0.3, -0.25) is 0 Å². The Morgan fingerprint density at radius 3 is 2.41 bits per heavy atom. The van der Waals surface area contributed by atoms with E-state index in [2.05, 4.69) is 113 Å². The quantitative estimate of drug-likeness (QED) is 0.341. The lowest BCUT2D eigenvalue weighted by Crippen LogP contribution is -2.68. The van der Waals surface area contributed by atoms with Crippen LogP contribution >= 0.6 is 0 Å². The van der Waals surface area contributed by atoms with Gasteiger partial charge in [-0.05, 0) is 67.7 Å². The minimum absolute atomic E-state index is 0.0158. The predicted octanol–water partition coefficient (Wildman–Crippen LogP) is 6.90. The van der Waals surface area contributed by atoms with E-state index in [-0.39, 0.29) is 11.0 Å². The number of benzene rings is 2. The summed E-state index contributed by atoms with van der Waals surface area (Å²) in [5.74, 6) is 0. The van der Waals surface area contributed by atoms with Crippen LogP contribution in [0.3, 0.4) is 0 Å². The highest BCUT2D eigenvalue weighted by Gasteiger charge is 2.57. The van der Waals surface area contributed by atoms with Gasteiger partial charge in [0.25, 0.3) is 0 Å². The molecular weight excluding hydrogens is 350 g/mol. The fourth-order valence-corrected chi connectivity index (χ4v) is 5.49. The van der Waals surface area contributed by atoms with E-state index in [4.69, 9.17) is 0 Å². The zero-order chi connectivity index (χ0) is 20.8. The number of nitrogens with zero attached hydrogens (tertiary/aromatic N) is 1. The molecule has 2 atom stereocenters. The fraction of sp³-hybridized carbons (Fsp3) is 0.321. The molecule has 0 saturated carbocycles. The number of aromatic nitrogens is 1. The van der Waals surface area contributed by atoms with E-state index >= 15 is 0 Å². The molecule has 1 aliphatic rings. The topological polar surface area (TPSA) is 3.88 Å². The van der Waals surface area contributed by atoms with Crippen LogP contribution in [0.25, 0.3) is 22.4 Å². The van der Waals surface area contributed by atoms with Crippen LogP contribution in [0.4, 0.5) is 0 Å². The van der Waals surface area contributed by atoms with Gasteiger partial charge in [0.05, 0.1) is 11.0 Å². The highest BCUT2D eigenvalue weighted by Crippen LogP contribution is 2.50. The third-order valence-electron chi connectivity index (χ3n) is 7.42. The van der Waals surface area contributed by atoms with Crippen LogP contribution in [-0.4, -0.2) is 0 Å². The number of allylic oxidation sites excluding steroid dienone is 1. The van der Waals surface area contributed by atoms with Crippen molar-refractivity contribution in [2.45, 2.75) is 58.4 Å². The molecule has 2 aromatic carbocycles. The average molecular weight is 383 g/mol. The van der Waals surface area contributed by atoms with Gasteiger partial charge in [0, 0.05) is 18.6 Å². The van der Waals surface area contributed by atoms with Crippen molar-refractivity contribution < 1.29 is 4.57 Å². The molecule has 0 bridgehead atoms. The van der Waals surface area contributed by atoms with Crippen LogP contribution < -0.4 is 4.57 Å². The highest BCUT2D eigenvalue weighted by atomic mass is 15.1. The number of pyridine rings is 1. The Kier molecular flexibility index (Phi) is 4.73. The Morgan fingerprint density at radius 1 is 0.931 bits per heavy atom. The number of rotatable bonds is 4. The van der Waals surface area contributed by atoms with E-state index in [1.807, 2.05) is 0 Å². The molecule has 0 radical (unpaired) electrons. The fourth-order valence-electron chi connectivity index (χ4n) is 5.49. The minimum atomic E-state index is -0.133. The molecule has 3 aromatic rings. The zero-order valence-electron chi connectivity index (χ0n) is 18.4. The van der Waals surface area contributed by atoms with Crippen LogP contribution in [-0.2, 0) is 11.0 Å². The van der Waals surface area contributed by atoms with Gasteiger partial charge in [0.15, 0.2) is 11.7 Å². The summed E-state index contributed by atoms with van der Waals surface area (Å²) in [5, 5.41) is 0. The van der Waals surface area contributed by atoms with Crippen LogP contribution in [0.2, 0.25) is 0 Å². The Morgan fingerprint density at radius 2 is 1.72 bits per heavy atom. The second kappa shape index (κ2) is 6.99. The number of aryl methyl sites for hydroxylation is 2. The van der Waals surface area contributed by atoms with Gasteiger partial charge in [-0.25, -0.2) is 0 Å². The van der Waals surface area contributed by atoms with E-state index in [9.17, 15) is 0 Å². The Labute approximate surface area is 175 Å². The first kappa shape index (κ1) is 19.6. The summed E-state index contributed by atoms with van der Waals surface area (Å²) in [6.07, 6.45) is 6.49. The van der Waals surface area contributed by atoms with E-state index in [0.717, 1.165) is 12.8 Å². The monoisotopic (exact) mass is 382 g/mol. The lowest BCUT2D eigenvalue weighted by Gasteiger charge is -2.46. The Balaban J connectivity index is 2.05. The average Bonchev–Trinajstić information content (AvgIpc) is 2.76. The predicted molar refractivity (Wildman–Crippen MR) is 123 cm³/mol. The first-order valence-corrected chi connectivity index (χ1v) is 10.8. The van der Waals surface area contributed by atoms with E-state index in [0.29, 0.717) is 0 Å². The summed E-state index contributed by atoms with van der Waals surface area (Å²) in [7, 11) is 0. The zero-order valence-corrected chi connectivity index (χ0v) is 18.4. The molecule has 2 heterocycles. The smallest absolute Gasteiger partial charge is 0.188 e. The van der Waals surface area contributed by atoms with Gasteiger partial charge in [0.2, 0.25) is 5.69 Å². The van der Waals surface area contributed by atoms with E-state index in [1.165, 1.54) is 39.1 Å². The third-order valence-corrected chi connectivity index (χ3v) is 7.42. The van der Waals surface area contributed by atoms with Crippen LogP contribution in [0.5, 0.6) is 0 Å². The second-order valence-corrected chi connectivity index (χ2v) is 8.70. The summed E-state index contributed by atoms with van der Waals surface area (Å²) in [5.41, 5.74) is 9.15.